The molecule has 0 fully saturated rings. The molecule has 0 bridgehead atoms. The Hall–Kier alpha value is -4.35. The van der Waals surface area contributed by atoms with E-state index in [9.17, 15) is 24.5 Å². The highest BCUT2D eigenvalue weighted by Gasteiger charge is 2.18. The highest BCUT2D eigenvalue weighted by Crippen LogP contribution is 2.28. The Balaban J connectivity index is 1.91. The molecule has 0 aromatic heterocycles. The fourth-order valence-corrected chi connectivity index (χ4v) is 2.46. The molecule has 0 aliphatic heterocycles. The minimum Gasteiger partial charge on any atom is -0.493 e. The summed E-state index contributed by atoms with van der Waals surface area (Å²) in [4.78, 5) is 46.5. The number of nitro benzene ring substituents is 1. The maximum atomic E-state index is 12.2. The van der Waals surface area contributed by atoms with Crippen LogP contribution in [0.15, 0.2) is 36.4 Å². The zero-order chi connectivity index (χ0) is 23.0. The third kappa shape index (κ3) is 5.82. The highest BCUT2D eigenvalue weighted by atomic mass is 16.6. The third-order valence-electron chi connectivity index (χ3n) is 4.01. The number of methoxy groups -OCH3 is 3. The van der Waals surface area contributed by atoms with Crippen LogP contribution in [0, 0.1) is 10.1 Å². The molecule has 0 saturated carbocycles. The average Bonchev–Trinajstić information content (AvgIpc) is 2.79. The number of benzene rings is 2. The van der Waals surface area contributed by atoms with E-state index in [1.165, 1.54) is 51.7 Å². The van der Waals surface area contributed by atoms with Crippen molar-refractivity contribution in [3.05, 3.63) is 57.6 Å². The second-order valence-electron chi connectivity index (χ2n) is 5.90. The van der Waals surface area contributed by atoms with E-state index in [1.54, 1.807) is 0 Å². The van der Waals surface area contributed by atoms with Crippen molar-refractivity contribution in [2.75, 3.05) is 27.9 Å². The first-order chi connectivity index (χ1) is 14.8. The summed E-state index contributed by atoms with van der Waals surface area (Å²) >= 11 is 0. The number of nitrogens with one attached hydrogen (secondary N) is 3. The van der Waals surface area contributed by atoms with E-state index in [1.807, 2.05) is 0 Å². The zero-order valence-corrected chi connectivity index (χ0v) is 16.9. The van der Waals surface area contributed by atoms with Gasteiger partial charge in [0.25, 0.3) is 17.7 Å². The van der Waals surface area contributed by atoms with Gasteiger partial charge in [0.2, 0.25) is 0 Å². The van der Waals surface area contributed by atoms with Crippen LogP contribution in [0.1, 0.15) is 20.7 Å². The Labute approximate surface area is 176 Å². The smallest absolute Gasteiger partial charge is 0.311 e. The van der Waals surface area contributed by atoms with Crippen LogP contribution in [-0.4, -0.2) is 50.5 Å². The SMILES string of the molecule is COc1ccc(C(=O)NNC(=O)CNC(=O)c2ccc(OC)c([N+](=O)[O-])c2)cc1OC. The summed E-state index contributed by atoms with van der Waals surface area (Å²) in [5.74, 6) is -1.28. The van der Waals surface area contributed by atoms with Crippen LogP contribution in [0.2, 0.25) is 0 Å². The molecule has 0 atom stereocenters. The molecule has 0 aliphatic rings. The minimum absolute atomic E-state index is 0.00262. The maximum absolute atomic E-state index is 12.2. The third-order valence-corrected chi connectivity index (χ3v) is 4.01. The van der Waals surface area contributed by atoms with Crippen molar-refractivity contribution in [2.24, 2.45) is 0 Å². The van der Waals surface area contributed by atoms with Crippen LogP contribution in [-0.2, 0) is 4.79 Å². The van der Waals surface area contributed by atoms with Crippen molar-refractivity contribution in [3.8, 4) is 17.2 Å². The predicted molar refractivity (Wildman–Crippen MR) is 107 cm³/mol. The van der Waals surface area contributed by atoms with E-state index in [4.69, 9.17) is 14.2 Å². The molecular formula is C19H20N4O8. The summed E-state index contributed by atoms with van der Waals surface area (Å²) in [6.45, 7) is -0.481. The zero-order valence-electron chi connectivity index (χ0n) is 16.9. The number of rotatable bonds is 8. The van der Waals surface area contributed by atoms with Crippen LogP contribution < -0.4 is 30.4 Å². The standard InChI is InChI=1S/C19H20N4O8/c1-29-14-6-4-11(8-13(14)23(27)28)18(25)20-10-17(24)21-22-19(26)12-5-7-15(30-2)16(9-12)31-3/h4-9H,10H2,1-3H3,(H,20,25)(H,21,24)(H,22,26). The van der Waals surface area contributed by atoms with Crippen molar-refractivity contribution in [1.82, 2.24) is 16.2 Å². The molecule has 12 heteroatoms. The maximum Gasteiger partial charge on any atom is 0.311 e. The van der Waals surface area contributed by atoms with Crippen molar-refractivity contribution in [3.63, 3.8) is 0 Å². The molecule has 3 N–H and O–H groups in total. The van der Waals surface area contributed by atoms with Gasteiger partial charge in [0.05, 0.1) is 32.8 Å². The van der Waals surface area contributed by atoms with E-state index < -0.39 is 29.2 Å². The molecule has 0 spiro atoms. The van der Waals surface area contributed by atoms with Crippen LogP contribution in [0.4, 0.5) is 5.69 Å². The van der Waals surface area contributed by atoms with Gasteiger partial charge in [-0.05, 0) is 30.3 Å². The number of hydrogen-bond acceptors (Lipinski definition) is 8. The first kappa shape index (κ1) is 22.9. The minimum atomic E-state index is -0.717. The van der Waals surface area contributed by atoms with Crippen LogP contribution in [0.3, 0.4) is 0 Å². The number of ether oxygens (including phenoxy) is 3. The van der Waals surface area contributed by atoms with Crippen molar-refractivity contribution < 1.29 is 33.5 Å². The number of nitro groups is 1. The van der Waals surface area contributed by atoms with Gasteiger partial charge in [0.1, 0.15) is 0 Å². The van der Waals surface area contributed by atoms with Gasteiger partial charge in [-0.1, -0.05) is 0 Å². The lowest BCUT2D eigenvalue weighted by atomic mass is 10.1. The summed E-state index contributed by atoms with van der Waals surface area (Å²) in [5, 5.41) is 13.3. The van der Waals surface area contributed by atoms with Crippen LogP contribution in [0.5, 0.6) is 17.2 Å². The Morgan fingerprint density at radius 2 is 1.42 bits per heavy atom. The molecule has 0 unspecified atom stereocenters. The molecule has 2 aromatic rings. The molecular weight excluding hydrogens is 412 g/mol. The molecule has 0 aliphatic carbocycles. The molecule has 0 radical (unpaired) electrons. The van der Waals surface area contributed by atoms with Gasteiger partial charge in [-0.25, -0.2) is 0 Å². The number of amides is 3. The number of hydrazine groups is 1. The van der Waals surface area contributed by atoms with E-state index in [0.29, 0.717) is 11.5 Å². The van der Waals surface area contributed by atoms with Gasteiger partial charge in [-0.15, -0.1) is 0 Å². The Morgan fingerprint density at radius 3 is 2.00 bits per heavy atom. The van der Waals surface area contributed by atoms with Crippen LogP contribution >= 0.6 is 0 Å². The molecule has 3 amide bonds. The number of carbonyl (C=O) groups excluding carboxylic acids is 3. The first-order valence-electron chi connectivity index (χ1n) is 8.72. The summed E-state index contributed by atoms with van der Waals surface area (Å²) in [6, 6.07) is 8.06. The van der Waals surface area contributed by atoms with Gasteiger partial charge >= 0.3 is 5.69 Å². The molecule has 2 aromatic carbocycles. The average molecular weight is 432 g/mol. The molecule has 0 heterocycles. The fourth-order valence-electron chi connectivity index (χ4n) is 2.46. The number of hydrogen-bond donors (Lipinski definition) is 3. The lowest BCUT2D eigenvalue weighted by Gasteiger charge is -2.11. The molecule has 164 valence electrons. The molecule has 12 nitrogen and oxygen atoms in total. The lowest BCUT2D eigenvalue weighted by molar-refractivity contribution is -0.385. The lowest BCUT2D eigenvalue weighted by Crippen LogP contribution is -2.46. The molecule has 0 saturated heterocycles. The Morgan fingerprint density at radius 1 is 0.839 bits per heavy atom. The number of carbonyl (C=O) groups is 3. The largest absolute Gasteiger partial charge is 0.493 e. The second kappa shape index (κ2) is 10.4. The van der Waals surface area contributed by atoms with E-state index in [-0.39, 0.29) is 22.6 Å². The van der Waals surface area contributed by atoms with E-state index in [0.717, 1.165) is 6.07 Å². The quantitative estimate of drug-likeness (QED) is 0.408. The molecule has 2 rings (SSSR count). The van der Waals surface area contributed by atoms with Gasteiger partial charge in [0, 0.05) is 17.2 Å². The normalized spacial score (nSPS) is 9.90. The van der Waals surface area contributed by atoms with E-state index >= 15 is 0 Å². The second-order valence-corrected chi connectivity index (χ2v) is 5.90. The fraction of sp³-hybridized carbons (Fsp3) is 0.211. The van der Waals surface area contributed by atoms with Crippen LogP contribution in [0.25, 0.3) is 0 Å². The topological polar surface area (TPSA) is 158 Å². The van der Waals surface area contributed by atoms with Gasteiger partial charge < -0.3 is 19.5 Å². The summed E-state index contributed by atoms with van der Waals surface area (Å²) in [5.41, 5.74) is 4.13. The summed E-state index contributed by atoms with van der Waals surface area (Å²) < 4.78 is 15.1. The summed E-state index contributed by atoms with van der Waals surface area (Å²) in [7, 11) is 4.14. The predicted octanol–water partition coefficient (Wildman–Crippen LogP) is 0.812. The van der Waals surface area contributed by atoms with Gasteiger partial charge in [0.15, 0.2) is 17.2 Å². The Kier molecular flexibility index (Phi) is 7.72. The number of nitrogens with zero attached hydrogens (tertiary/aromatic N) is 1. The first-order valence-corrected chi connectivity index (χ1v) is 8.72. The van der Waals surface area contributed by atoms with Gasteiger partial charge in [-0.2, -0.15) is 0 Å². The Bertz CT molecular complexity index is 1010. The van der Waals surface area contributed by atoms with Crippen molar-refractivity contribution >= 4 is 23.4 Å². The highest BCUT2D eigenvalue weighted by molar-refractivity contribution is 5.98. The summed E-state index contributed by atoms with van der Waals surface area (Å²) in [6.07, 6.45) is 0. The van der Waals surface area contributed by atoms with Crippen molar-refractivity contribution in [1.29, 1.82) is 0 Å². The molecule has 31 heavy (non-hydrogen) atoms. The monoisotopic (exact) mass is 432 g/mol. The van der Waals surface area contributed by atoms with E-state index in [2.05, 4.69) is 16.2 Å². The van der Waals surface area contributed by atoms with Crippen molar-refractivity contribution in [2.45, 2.75) is 0 Å². The van der Waals surface area contributed by atoms with Gasteiger partial charge in [-0.3, -0.25) is 35.3 Å².